The Morgan fingerprint density at radius 3 is 2.41 bits per heavy atom. The van der Waals surface area contributed by atoms with Crippen LogP contribution >= 0.6 is 12.4 Å². The van der Waals surface area contributed by atoms with Crippen molar-refractivity contribution >= 4 is 29.9 Å². The monoisotopic (exact) mass is 391 g/mol. The molecule has 2 aromatic carbocycles. The molecular weight excluding hydrogens is 369 g/mol. The van der Waals surface area contributed by atoms with Crippen molar-refractivity contribution in [2.24, 2.45) is 0 Å². The molecule has 0 saturated carbocycles. The van der Waals surface area contributed by atoms with Gasteiger partial charge in [-0.1, -0.05) is 12.1 Å². The molecule has 2 aromatic rings. The fourth-order valence-corrected chi connectivity index (χ4v) is 2.94. The standard InChI is InChI=1S/C20H22FN3O2.ClH/c21-16-7-5-15(6-8-16)20(26)24-17-9-3-14(4-10-17)13-23-19(25)12-18-2-1-11-22-18;/h3-10,18,22H,1-2,11-13H2,(H,23,25)(H,24,26);1H. The van der Waals surface area contributed by atoms with Crippen LogP contribution < -0.4 is 16.0 Å². The highest BCUT2D eigenvalue weighted by atomic mass is 35.5. The number of amides is 2. The second-order valence-electron chi connectivity index (χ2n) is 6.43. The molecule has 0 bridgehead atoms. The van der Waals surface area contributed by atoms with E-state index in [2.05, 4.69) is 16.0 Å². The molecule has 0 aliphatic carbocycles. The van der Waals surface area contributed by atoms with Crippen molar-refractivity contribution in [3.8, 4) is 0 Å². The van der Waals surface area contributed by atoms with Crippen LogP contribution in [0.2, 0.25) is 0 Å². The summed E-state index contributed by atoms with van der Waals surface area (Å²) in [6.45, 7) is 1.45. The number of carbonyl (C=O) groups excluding carboxylic acids is 2. The zero-order valence-corrected chi connectivity index (χ0v) is 15.7. The SMILES string of the molecule is Cl.O=C(CC1CCCN1)NCc1ccc(NC(=O)c2ccc(F)cc2)cc1. The number of halogens is 2. The van der Waals surface area contributed by atoms with Gasteiger partial charge in [0.1, 0.15) is 5.82 Å². The van der Waals surface area contributed by atoms with Crippen LogP contribution in [0.5, 0.6) is 0 Å². The molecule has 0 spiro atoms. The van der Waals surface area contributed by atoms with Crippen LogP contribution in [-0.4, -0.2) is 24.4 Å². The smallest absolute Gasteiger partial charge is 0.255 e. The predicted octanol–water partition coefficient (Wildman–Crippen LogP) is 3.26. The zero-order valence-electron chi connectivity index (χ0n) is 14.8. The molecule has 1 heterocycles. The summed E-state index contributed by atoms with van der Waals surface area (Å²) in [4.78, 5) is 24.0. The summed E-state index contributed by atoms with van der Waals surface area (Å²) in [5, 5.41) is 8.98. The summed E-state index contributed by atoms with van der Waals surface area (Å²) in [5.41, 5.74) is 1.99. The molecule has 1 aliphatic rings. The van der Waals surface area contributed by atoms with Gasteiger partial charge in [0, 0.05) is 30.3 Å². The fraction of sp³-hybridized carbons (Fsp3) is 0.300. The maximum atomic E-state index is 12.9. The molecule has 1 fully saturated rings. The molecule has 3 N–H and O–H groups in total. The van der Waals surface area contributed by atoms with E-state index in [1.807, 2.05) is 12.1 Å². The topological polar surface area (TPSA) is 70.2 Å². The Balaban J connectivity index is 0.00000261. The molecule has 3 rings (SSSR count). The molecule has 5 nitrogen and oxygen atoms in total. The highest BCUT2D eigenvalue weighted by Crippen LogP contribution is 2.13. The van der Waals surface area contributed by atoms with Gasteiger partial charge in [-0.15, -0.1) is 12.4 Å². The fourth-order valence-electron chi connectivity index (χ4n) is 2.94. The molecule has 1 saturated heterocycles. The number of hydrogen-bond donors (Lipinski definition) is 3. The van der Waals surface area contributed by atoms with Crippen LogP contribution in [0.3, 0.4) is 0 Å². The van der Waals surface area contributed by atoms with E-state index in [1.165, 1.54) is 24.3 Å². The highest BCUT2D eigenvalue weighted by molar-refractivity contribution is 6.04. The molecule has 1 unspecified atom stereocenters. The number of anilines is 1. The third kappa shape index (κ3) is 6.34. The van der Waals surface area contributed by atoms with Crippen molar-refractivity contribution in [2.45, 2.75) is 31.8 Å². The number of benzene rings is 2. The molecule has 27 heavy (non-hydrogen) atoms. The summed E-state index contributed by atoms with van der Waals surface area (Å²) in [7, 11) is 0. The number of nitrogens with one attached hydrogen (secondary N) is 3. The van der Waals surface area contributed by atoms with E-state index >= 15 is 0 Å². The third-order valence-corrected chi connectivity index (χ3v) is 4.40. The average molecular weight is 392 g/mol. The first-order chi connectivity index (χ1) is 12.6. The van der Waals surface area contributed by atoms with E-state index in [1.54, 1.807) is 12.1 Å². The van der Waals surface area contributed by atoms with E-state index in [9.17, 15) is 14.0 Å². The lowest BCUT2D eigenvalue weighted by molar-refractivity contribution is -0.121. The molecule has 0 aromatic heterocycles. The predicted molar refractivity (Wildman–Crippen MR) is 106 cm³/mol. The number of hydrogen-bond acceptors (Lipinski definition) is 3. The molecular formula is C20H23ClFN3O2. The summed E-state index contributed by atoms with van der Waals surface area (Å²) in [6.07, 6.45) is 2.69. The van der Waals surface area contributed by atoms with Crippen LogP contribution in [0.4, 0.5) is 10.1 Å². The van der Waals surface area contributed by atoms with Crippen molar-refractivity contribution in [3.05, 3.63) is 65.5 Å². The summed E-state index contributed by atoms with van der Waals surface area (Å²) >= 11 is 0. The molecule has 144 valence electrons. The van der Waals surface area contributed by atoms with Gasteiger partial charge in [0.15, 0.2) is 0 Å². The molecule has 2 amide bonds. The van der Waals surface area contributed by atoms with Crippen LogP contribution in [0, 0.1) is 5.82 Å². The van der Waals surface area contributed by atoms with Gasteiger partial charge in [-0.2, -0.15) is 0 Å². The van der Waals surface area contributed by atoms with Crippen LogP contribution in [-0.2, 0) is 11.3 Å². The minimum atomic E-state index is -0.378. The first-order valence-electron chi connectivity index (χ1n) is 8.76. The minimum absolute atomic E-state index is 0. The summed E-state index contributed by atoms with van der Waals surface area (Å²) < 4.78 is 12.9. The van der Waals surface area contributed by atoms with Gasteiger partial charge in [-0.05, 0) is 61.3 Å². The van der Waals surface area contributed by atoms with Gasteiger partial charge >= 0.3 is 0 Å². The molecule has 0 radical (unpaired) electrons. The van der Waals surface area contributed by atoms with E-state index < -0.39 is 0 Å². The maximum Gasteiger partial charge on any atom is 0.255 e. The van der Waals surface area contributed by atoms with Crippen LogP contribution in [0.1, 0.15) is 35.2 Å². The minimum Gasteiger partial charge on any atom is -0.352 e. The summed E-state index contributed by atoms with van der Waals surface area (Å²) in [5.74, 6) is -0.634. The average Bonchev–Trinajstić information content (AvgIpc) is 3.14. The maximum absolute atomic E-state index is 12.9. The van der Waals surface area contributed by atoms with Crippen molar-refractivity contribution in [1.29, 1.82) is 0 Å². The second kappa shape index (κ2) is 10.0. The van der Waals surface area contributed by atoms with Gasteiger partial charge in [0.25, 0.3) is 5.91 Å². The first-order valence-corrected chi connectivity index (χ1v) is 8.76. The van der Waals surface area contributed by atoms with Crippen molar-refractivity contribution < 1.29 is 14.0 Å². The first kappa shape index (κ1) is 20.9. The van der Waals surface area contributed by atoms with E-state index in [-0.39, 0.29) is 30.0 Å². The largest absolute Gasteiger partial charge is 0.352 e. The van der Waals surface area contributed by atoms with Gasteiger partial charge in [0.2, 0.25) is 5.91 Å². The van der Waals surface area contributed by atoms with Crippen LogP contribution in [0.25, 0.3) is 0 Å². The van der Waals surface area contributed by atoms with Crippen LogP contribution in [0.15, 0.2) is 48.5 Å². The Labute approximate surface area is 164 Å². The van der Waals surface area contributed by atoms with Crippen molar-refractivity contribution in [3.63, 3.8) is 0 Å². The van der Waals surface area contributed by atoms with Crippen molar-refractivity contribution in [1.82, 2.24) is 10.6 Å². The van der Waals surface area contributed by atoms with Gasteiger partial charge in [0.05, 0.1) is 0 Å². The molecule has 1 aliphatic heterocycles. The third-order valence-electron chi connectivity index (χ3n) is 4.40. The quantitative estimate of drug-likeness (QED) is 0.707. The Morgan fingerprint density at radius 2 is 1.78 bits per heavy atom. The normalized spacial score (nSPS) is 15.7. The Morgan fingerprint density at radius 1 is 1.07 bits per heavy atom. The lowest BCUT2D eigenvalue weighted by Crippen LogP contribution is -2.31. The second-order valence-corrected chi connectivity index (χ2v) is 6.43. The van der Waals surface area contributed by atoms with E-state index in [4.69, 9.17) is 0 Å². The van der Waals surface area contributed by atoms with E-state index in [0.717, 1.165) is 24.9 Å². The molecule has 1 atom stereocenters. The summed E-state index contributed by atoms with van der Waals surface area (Å²) in [6, 6.07) is 12.9. The highest BCUT2D eigenvalue weighted by Gasteiger charge is 2.17. The Bertz CT molecular complexity index is 760. The number of rotatable bonds is 6. The van der Waals surface area contributed by atoms with Gasteiger partial charge in [-0.3, -0.25) is 9.59 Å². The lowest BCUT2D eigenvalue weighted by atomic mass is 10.1. The number of carbonyl (C=O) groups is 2. The van der Waals surface area contributed by atoms with E-state index in [0.29, 0.717) is 30.3 Å². The zero-order chi connectivity index (χ0) is 18.4. The Kier molecular flexibility index (Phi) is 7.76. The molecule has 7 heteroatoms. The Hall–Kier alpha value is -2.44. The van der Waals surface area contributed by atoms with Crippen molar-refractivity contribution in [2.75, 3.05) is 11.9 Å². The van der Waals surface area contributed by atoms with Gasteiger partial charge < -0.3 is 16.0 Å². The van der Waals surface area contributed by atoms with Gasteiger partial charge in [-0.25, -0.2) is 4.39 Å². The lowest BCUT2D eigenvalue weighted by Gasteiger charge is -2.11.